The average molecular weight is 649 g/mol. The Morgan fingerprint density at radius 2 is 2.11 bits per heavy atom. The van der Waals surface area contributed by atoms with Crippen LogP contribution in [0.25, 0.3) is 5.65 Å². The summed E-state index contributed by atoms with van der Waals surface area (Å²) in [6, 6.07) is 3.94. The minimum absolute atomic E-state index is 0.127. The van der Waals surface area contributed by atoms with Crippen molar-refractivity contribution in [2.45, 2.75) is 51.5 Å². The van der Waals surface area contributed by atoms with Gasteiger partial charge in [-0.15, -0.1) is 24.8 Å². The quantitative estimate of drug-likeness (QED) is 0.0935. The molecule has 46 heavy (non-hydrogen) atoms. The van der Waals surface area contributed by atoms with E-state index in [0.29, 0.717) is 38.0 Å². The van der Waals surface area contributed by atoms with Gasteiger partial charge in [-0.05, 0) is 88.7 Å². The van der Waals surface area contributed by atoms with Crippen molar-refractivity contribution in [3.05, 3.63) is 65.8 Å². The number of esters is 1. The zero-order chi connectivity index (χ0) is 33.2. The van der Waals surface area contributed by atoms with Crippen molar-refractivity contribution in [3.63, 3.8) is 0 Å². The number of thioether (sulfide) groups is 1. The number of cyclic esters (lactones) is 1. The number of likely N-dealkylation sites (tertiary alicyclic amines) is 1. The van der Waals surface area contributed by atoms with E-state index in [2.05, 4.69) is 57.0 Å². The van der Waals surface area contributed by atoms with Crippen LogP contribution in [-0.2, 0) is 9.53 Å². The molecule has 4 rings (SSSR count). The van der Waals surface area contributed by atoms with E-state index in [-0.39, 0.29) is 18.2 Å². The first-order valence-electron chi connectivity index (χ1n) is 16.1. The second-order valence-electron chi connectivity index (χ2n) is 12.5. The number of ether oxygens (including phenoxy) is 1. The summed E-state index contributed by atoms with van der Waals surface area (Å²) in [6.07, 6.45) is 18.1. The molecule has 0 aromatic carbocycles. The van der Waals surface area contributed by atoms with Gasteiger partial charge in [-0.25, -0.2) is 9.37 Å². The van der Waals surface area contributed by atoms with E-state index in [1.807, 2.05) is 33.2 Å². The fraction of sp³-hybridized carbons (Fsp3) is 0.528. The summed E-state index contributed by atoms with van der Waals surface area (Å²) in [6.45, 7) is 12.9. The summed E-state index contributed by atoms with van der Waals surface area (Å²) < 4.78 is 21.4. The minimum Gasteiger partial charge on any atom is -0.464 e. The first kappa shape index (κ1) is 35.5. The largest absolute Gasteiger partial charge is 0.464 e. The highest BCUT2D eigenvalue weighted by molar-refractivity contribution is 8.13. The third-order valence-corrected chi connectivity index (χ3v) is 9.46. The standard InChI is InChI=1S/C36H49FN6O2S/c1-8-11-31(37)13-10-12-26(3)32(9-2)39-34(46-7)23-41(6)36-27(4)38-33-15-14-30(22-43(33)36)29-16-18-42(19-17-29)21-28-20-40(5)24-35(44)45-25-28/h2,8,12-15,22,28-29,32H,1,10-11,16-21,23-25H2,3-7H3/b26-12+,31-13+,39-34?. The number of fused-ring (bicyclic) bond motifs is 1. The van der Waals surface area contributed by atoms with E-state index in [1.165, 1.54) is 5.56 Å². The average Bonchev–Trinajstić information content (AvgIpc) is 3.27. The van der Waals surface area contributed by atoms with Crippen molar-refractivity contribution < 1.29 is 13.9 Å². The number of aliphatic imine (C=N–C) groups is 1. The van der Waals surface area contributed by atoms with Crippen molar-refractivity contribution in [2.75, 3.05) is 71.1 Å². The molecule has 2 fully saturated rings. The predicted octanol–water partition coefficient (Wildman–Crippen LogP) is 5.89. The molecule has 4 heterocycles. The van der Waals surface area contributed by atoms with E-state index in [4.69, 9.17) is 21.1 Å². The molecule has 2 aliphatic heterocycles. The molecule has 2 aromatic heterocycles. The highest BCUT2D eigenvalue weighted by Crippen LogP contribution is 2.31. The molecule has 0 radical (unpaired) electrons. The lowest BCUT2D eigenvalue weighted by Crippen LogP contribution is -2.40. The summed E-state index contributed by atoms with van der Waals surface area (Å²) in [4.78, 5) is 28.3. The predicted molar refractivity (Wildman–Crippen MR) is 190 cm³/mol. The smallest absolute Gasteiger partial charge is 0.320 e. The molecular weight excluding hydrogens is 600 g/mol. The molecule has 0 N–H and O–H groups in total. The maximum Gasteiger partial charge on any atom is 0.320 e. The number of anilines is 1. The number of terminal acetylenes is 1. The normalized spacial score (nSPS) is 20.3. The van der Waals surface area contributed by atoms with Crippen LogP contribution in [0.1, 0.15) is 49.8 Å². The van der Waals surface area contributed by atoms with Crippen LogP contribution >= 0.6 is 11.8 Å². The van der Waals surface area contributed by atoms with E-state index in [0.717, 1.165) is 66.8 Å². The molecular formula is C36H49FN6O2S. The van der Waals surface area contributed by atoms with E-state index >= 15 is 0 Å². The van der Waals surface area contributed by atoms with Crippen molar-refractivity contribution in [1.82, 2.24) is 19.2 Å². The van der Waals surface area contributed by atoms with Crippen LogP contribution < -0.4 is 4.90 Å². The lowest BCUT2D eigenvalue weighted by Gasteiger charge is -2.34. The van der Waals surface area contributed by atoms with Gasteiger partial charge in [-0.2, -0.15) is 0 Å². The second kappa shape index (κ2) is 17.0. The fourth-order valence-electron chi connectivity index (χ4n) is 6.38. The number of pyridine rings is 1. The number of halogens is 1. The van der Waals surface area contributed by atoms with Gasteiger partial charge >= 0.3 is 5.97 Å². The number of rotatable bonds is 12. The van der Waals surface area contributed by atoms with Crippen LogP contribution in [0.15, 0.2) is 59.5 Å². The van der Waals surface area contributed by atoms with Gasteiger partial charge in [0, 0.05) is 38.7 Å². The van der Waals surface area contributed by atoms with Crippen molar-refractivity contribution in [2.24, 2.45) is 10.9 Å². The number of imidazole rings is 1. The number of hydrogen-bond donors (Lipinski definition) is 0. The molecule has 0 saturated carbocycles. The van der Waals surface area contributed by atoms with Gasteiger partial charge in [-0.1, -0.05) is 24.1 Å². The summed E-state index contributed by atoms with van der Waals surface area (Å²) in [5, 5.41) is 0.916. The lowest BCUT2D eigenvalue weighted by atomic mass is 9.90. The van der Waals surface area contributed by atoms with Gasteiger partial charge in [0.2, 0.25) is 0 Å². The molecule has 2 saturated heterocycles. The molecule has 2 atom stereocenters. The molecule has 0 bridgehead atoms. The third kappa shape index (κ3) is 9.57. The maximum absolute atomic E-state index is 13.7. The Morgan fingerprint density at radius 1 is 1.35 bits per heavy atom. The van der Waals surface area contributed by atoms with Crippen LogP contribution in [0.2, 0.25) is 0 Å². The monoisotopic (exact) mass is 648 g/mol. The van der Waals surface area contributed by atoms with Gasteiger partial charge in [0.1, 0.15) is 17.5 Å². The molecule has 2 unspecified atom stereocenters. The van der Waals surface area contributed by atoms with Gasteiger partial charge in [0.25, 0.3) is 0 Å². The van der Waals surface area contributed by atoms with Gasteiger partial charge in [-0.3, -0.25) is 19.1 Å². The Labute approximate surface area is 278 Å². The Kier molecular flexibility index (Phi) is 13.1. The van der Waals surface area contributed by atoms with Crippen molar-refractivity contribution in [3.8, 4) is 12.3 Å². The number of allylic oxidation sites excluding steroid dienone is 4. The van der Waals surface area contributed by atoms with Gasteiger partial charge in [0.15, 0.2) is 0 Å². The number of carbonyl (C=O) groups is 1. The zero-order valence-electron chi connectivity index (χ0n) is 28.0. The Bertz CT molecular complexity index is 1500. The molecule has 10 heteroatoms. The maximum atomic E-state index is 13.7. The number of piperidine rings is 1. The number of aromatic nitrogens is 2. The molecule has 0 amide bonds. The van der Waals surface area contributed by atoms with E-state index in [9.17, 15) is 9.18 Å². The highest BCUT2D eigenvalue weighted by atomic mass is 32.2. The molecule has 0 spiro atoms. The molecule has 248 valence electrons. The van der Waals surface area contributed by atoms with Gasteiger partial charge < -0.3 is 14.5 Å². The van der Waals surface area contributed by atoms with Crippen LogP contribution in [-0.4, -0.2) is 102 Å². The van der Waals surface area contributed by atoms with Crippen molar-refractivity contribution in [1.29, 1.82) is 0 Å². The summed E-state index contributed by atoms with van der Waals surface area (Å²) in [5.41, 5.74) is 4.13. The summed E-state index contributed by atoms with van der Waals surface area (Å²) >= 11 is 1.58. The minimum atomic E-state index is -0.411. The Morgan fingerprint density at radius 3 is 2.80 bits per heavy atom. The van der Waals surface area contributed by atoms with Crippen molar-refractivity contribution >= 4 is 34.2 Å². The zero-order valence-corrected chi connectivity index (χ0v) is 28.9. The number of likely N-dealkylation sites (N-methyl/N-ethyl adjacent to an activating group) is 1. The van der Waals surface area contributed by atoms with E-state index < -0.39 is 6.04 Å². The molecule has 2 aliphatic rings. The second-order valence-corrected chi connectivity index (χ2v) is 13.4. The summed E-state index contributed by atoms with van der Waals surface area (Å²) in [7, 11) is 4.06. The van der Waals surface area contributed by atoms with Gasteiger partial charge in [0.05, 0.1) is 36.3 Å². The highest BCUT2D eigenvalue weighted by Gasteiger charge is 2.27. The Hall–Kier alpha value is -3.39. The van der Waals surface area contributed by atoms with Crippen LogP contribution in [0.5, 0.6) is 0 Å². The Balaban J connectivity index is 1.42. The first-order chi connectivity index (χ1) is 22.1. The van der Waals surface area contributed by atoms with Crippen LogP contribution in [0, 0.1) is 25.2 Å². The van der Waals surface area contributed by atoms with Crippen LogP contribution in [0.3, 0.4) is 0 Å². The van der Waals surface area contributed by atoms with Crippen LogP contribution in [0.4, 0.5) is 10.2 Å². The number of nitrogens with zero attached hydrogens (tertiary/aromatic N) is 6. The SMILES string of the molecule is C#CC(N=C(CN(C)c1c(C)nc2ccc(C3CCN(CC4COC(=O)CN(C)C4)CC3)cn12)SC)/C(C)=C/C/C=C(/F)CC=C. The third-order valence-electron chi connectivity index (χ3n) is 8.76. The number of aryl methyl sites for hydroxylation is 1. The molecule has 0 aliphatic carbocycles. The number of carbonyl (C=O) groups excluding carboxylic acids is 1. The topological polar surface area (TPSA) is 65.7 Å². The number of hydrogen-bond acceptors (Lipinski definition) is 8. The van der Waals surface area contributed by atoms with E-state index in [1.54, 1.807) is 23.9 Å². The molecule has 2 aromatic rings. The summed E-state index contributed by atoms with van der Waals surface area (Å²) in [5.74, 6) is 4.33. The molecule has 8 nitrogen and oxygen atoms in total. The lowest BCUT2D eigenvalue weighted by molar-refractivity contribution is -0.143. The first-order valence-corrected chi connectivity index (χ1v) is 17.3. The fourth-order valence-corrected chi connectivity index (χ4v) is 6.92.